The number of nitrogens with zero attached hydrogens (tertiary/aromatic N) is 2. The maximum Gasteiger partial charge on any atom is 0.241 e. The molecule has 1 aliphatic heterocycles. The number of anilines is 1. The molecule has 20 heavy (non-hydrogen) atoms. The van der Waals surface area contributed by atoms with Crippen LogP contribution in [0, 0.1) is 6.92 Å². The van der Waals surface area contributed by atoms with Gasteiger partial charge < -0.3 is 15.1 Å². The first-order chi connectivity index (χ1) is 9.60. The number of piperazine rings is 1. The topological polar surface area (TPSA) is 52.7 Å². The molecular weight excluding hydrogens is 278 g/mol. The van der Waals surface area contributed by atoms with Crippen LogP contribution in [-0.4, -0.2) is 54.8 Å². The summed E-state index contributed by atoms with van der Waals surface area (Å²) >= 11 is 6.04. The van der Waals surface area contributed by atoms with Crippen molar-refractivity contribution in [2.24, 2.45) is 0 Å². The lowest BCUT2D eigenvalue weighted by molar-refractivity contribution is -0.133. The molecule has 2 rings (SSSR count). The number of benzene rings is 1. The molecule has 5 nitrogen and oxygen atoms in total. The summed E-state index contributed by atoms with van der Waals surface area (Å²) in [6.45, 7) is 4.56. The molecule has 0 spiro atoms. The van der Waals surface area contributed by atoms with Gasteiger partial charge in [-0.05, 0) is 24.6 Å². The number of aryl methyl sites for hydroxylation is 1. The van der Waals surface area contributed by atoms with Crippen LogP contribution in [0.2, 0.25) is 5.02 Å². The Kier molecular flexibility index (Phi) is 4.84. The minimum absolute atomic E-state index is 0.0345. The molecule has 0 saturated carbocycles. The van der Waals surface area contributed by atoms with Crippen molar-refractivity contribution in [2.45, 2.75) is 6.92 Å². The third-order valence-corrected chi connectivity index (χ3v) is 3.84. The minimum Gasteiger partial charge on any atom is -0.376 e. The Morgan fingerprint density at radius 2 is 2.05 bits per heavy atom. The smallest absolute Gasteiger partial charge is 0.241 e. The van der Waals surface area contributed by atoms with Gasteiger partial charge in [-0.1, -0.05) is 17.7 Å². The number of halogens is 1. The predicted octanol–water partition coefficient (Wildman–Crippen LogP) is 1.36. The molecule has 0 atom stereocenters. The van der Waals surface area contributed by atoms with E-state index in [2.05, 4.69) is 5.32 Å². The highest BCUT2D eigenvalue weighted by Gasteiger charge is 2.19. The second kappa shape index (κ2) is 6.61. The largest absolute Gasteiger partial charge is 0.376 e. The summed E-state index contributed by atoms with van der Waals surface area (Å²) in [4.78, 5) is 26.1. The lowest BCUT2D eigenvalue weighted by atomic mass is 10.2. The number of carbonyl (C=O) groups is 2. The Labute approximate surface area is 123 Å². The van der Waals surface area contributed by atoms with Gasteiger partial charge in [-0.2, -0.15) is 0 Å². The summed E-state index contributed by atoms with van der Waals surface area (Å²) in [6, 6.07) is 5.63. The first-order valence-electron chi connectivity index (χ1n) is 6.57. The van der Waals surface area contributed by atoms with Crippen LogP contribution in [0.25, 0.3) is 0 Å². The fourth-order valence-corrected chi connectivity index (χ4v) is 2.25. The fraction of sp³-hybridized carbons (Fsp3) is 0.429. The molecule has 1 aliphatic rings. The van der Waals surface area contributed by atoms with Gasteiger partial charge in [0.25, 0.3) is 0 Å². The van der Waals surface area contributed by atoms with Crippen LogP contribution in [0.5, 0.6) is 0 Å². The van der Waals surface area contributed by atoms with E-state index in [1.54, 1.807) is 9.80 Å². The van der Waals surface area contributed by atoms with Crippen molar-refractivity contribution in [1.29, 1.82) is 0 Å². The van der Waals surface area contributed by atoms with Crippen molar-refractivity contribution in [3.8, 4) is 0 Å². The van der Waals surface area contributed by atoms with Crippen LogP contribution in [-0.2, 0) is 9.59 Å². The maximum atomic E-state index is 12.0. The Hall–Kier alpha value is -1.75. The molecule has 6 heteroatoms. The molecule has 108 valence electrons. The standard InChI is InChI=1S/C14H18ClN3O2/c1-11-2-3-12(8-13(11)15)16-9-14(20)18-6-4-17(10-19)5-7-18/h2-3,8,10,16H,4-7,9H2,1H3. The molecule has 1 N–H and O–H groups in total. The molecule has 1 aromatic carbocycles. The Balaban J connectivity index is 1.83. The second-order valence-electron chi connectivity index (χ2n) is 4.84. The highest BCUT2D eigenvalue weighted by molar-refractivity contribution is 6.31. The van der Waals surface area contributed by atoms with Crippen LogP contribution in [0.15, 0.2) is 18.2 Å². The predicted molar refractivity (Wildman–Crippen MR) is 78.9 cm³/mol. The lowest BCUT2D eigenvalue weighted by Crippen LogP contribution is -2.49. The molecule has 1 saturated heterocycles. The number of hydrogen-bond acceptors (Lipinski definition) is 3. The van der Waals surface area contributed by atoms with E-state index in [0.29, 0.717) is 31.2 Å². The number of nitrogens with one attached hydrogen (secondary N) is 1. The van der Waals surface area contributed by atoms with Crippen molar-refractivity contribution < 1.29 is 9.59 Å². The molecule has 0 aromatic heterocycles. The van der Waals surface area contributed by atoms with Crippen molar-refractivity contribution >= 4 is 29.6 Å². The van der Waals surface area contributed by atoms with Gasteiger partial charge in [0, 0.05) is 36.9 Å². The van der Waals surface area contributed by atoms with Crippen molar-refractivity contribution in [3.05, 3.63) is 28.8 Å². The summed E-state index contributed by atoms with van der Waals surface area (Å²) in [5.41, 5.74) is 1.84. The van der Waals surface area contributed by atoms with E-state index in [9.17, 15) is 9.59 Å². The first-order valence-corrected chi connectivity index (χ1v) is 6.95. The maximum absolute atomic E-state index is 12.0. The highest BCUT2D eigenvalue weighted by Crippen LogP contribution is 2.19. The SMILES string of the molecule is Cc1ccc(NCC(=O)N2CCN(C=O)CC2)cc1Cl. The van der Waals surface area contributed by atoms with E-state index in [-0.39, 0.29) is 12.5 Å². The number of carbonyl (C=O) groups excluding carboxylic acids is 2. The Bertz CT molecular complexity index is 499. The van der Waals surface area contributed by atoms with E-state index >= 15 is 0 Å². The van der Waals surface area contributed by atoms with Gasteiger partial charge in [-0.3, -0.25) is 9.59 Å². The summed E-state index contributed by atoms with van der Waals surface area (Å²) in [5, 5.41) is 3.76. The average Bonchev–Trinajstić information content (AvgIpc) is 2.48. The van der Waals surface area contributed by atoms with Crippen molar-refractivity contribution in [3.63, 3.8) is 0 Å². The van der Waals surface area contributed by atoms with E-state index < -0.39 is 0 Å². The van der Waals surface area contributed by atoms with E-state index in [1.165, 1.54) is 0 Å². The quantitative estimate of drug-likeness (QED) is 0.854. The van der Waals surface area contributed by atoms with Gasteiger partial charge in [-0.15, -0.1) is 0 Å². The molecule has 1 fully saturated rings. The zero-order chi connectivity index (χ0) is 14.5. The van der Waals surface area contributed by atoms with E-state index in [0.717, 1.165) is 17.7 Å². The highest BCUT2D eigenvalue weighted by atomic mass is 35.5. The van der Waals surface area contributed by atoms with Crippen molar-refractivity contribution in [1.82, 2.24) is 9.80 Å². The molecule has 0 bridgehead atoms. The monoisotopic (exact) mass is 295 g/mol. The number of hydrogen-bond donors (Lipinski definition) is 1. The fourth-order valence-electron chi connectivity index (χ4n) is 2.07. The Morgan fingerprint density at radius 1 is 1.35 bits per heavy atom. The third-order valence-electron chi connectivity index (χ3n) is 3.43. The zero-order valence-electron chi connectivity index (χ0n) is 11.4. The normalized spacial score (nSPS) is 15.1. The molecule has 0 aliphatic carbocycles. The van der Waals surface area contributed by atoms with Gasteiger partial charge in [0.05, 0.1) is 6.54 Å². The van der Waals surface area contributed by atoms with Crippen LogP contribution in [0.3, 0.4) is 0 Å². The first kappa shape index (κ1) is 14.7. The van der Waals surface area contributed by atoms with Crippen LogP contribution < -0.4 is 5.32 Å². The number of amides is 2. The number of rotatable bonds is 4. The van der Waals surface area contributed by atoms with Gasteiger partial charge in [0.2, 0.25) is 12.3 Å². The molecule has 1 heterocycles. The molecular formula is C14H18ClN3O2. The van der Waals surface area contributed by atoms with Crippen LogP contribution >= 0.6 is 11.6 Å². The lowest BCUT2D eigenvalue weighted by Gasteiger charge is -2.32. The van der Waals surface area contributed by atoms with Crippen LogP contribution in [0.1, 0.15) is 5.56 Å². The summed E-state index contributed by atoms with van der Waals surface area (Å²) in [7, 11) is 0. The van der Waals surface area contributed by atoms with Gasteiger partial charge >= 0.3 is 0 Å². The summed E-state index contributed by atoms with van der Waals surface area (Å²) in [6.07, 6.45) is 0.828. The van der Waals surface area contributed by atoms with Gasteiger partial charge in [-0.25, -0.2) is 0 Å². The van der Waals surface area contributed by atoms with Crippen molar-refractivity contribution in [2.75, 3.05) is 38.0 Å². The summed E-state index contributed by atoms with van der Waals surface area (Å²) in [5.74, 6) is 0.0345. The van der Waals surface area contributed by atoms with Crippen LogP contribution in [0.4, 0.5) is 5.69 Å². The zero-order valence-corrected chi connectivity index (χ0v) is 12.2. The molecule has 0 radical (unpaired) electrons. The molecule has 0 unspecified atom stereocenters. The average molecular weight is 296 g/mol. The summed E-state index contributed by atoms with van der Waals surface area (Å²) < 4.78 is 0. The Morgan fingerprint density at radius 3 is 2.65 bits per heavy atom. The minimum atomic E-state index is 0.0345. The van der Waals surface area contributed by atoms with E-state index in [4.69, 9.17) is 11.6 Å². The molecule has 2 amide bonds. The second-order valence-corrected chi connectivity index (χ2v) is 5.25. The van der Waals surface area contributed by atoms with Gasteiger partial charge in [0.1, 0.15) is 0 Å². The van der Waals surface area contributed by atoms with Gasteiger partial charge in [0.15, 0.2) is 0 Å². The van der Waals surface area contributed by atoms with E-state index in [1.807, 2.05) is 25.1 Å². The third kappa shape index (κ3) is 3.63. The molecule has 1 aromatic rings.